The number of phenolic OH excluding ortho intramolecular Hbond substituents is 1. The van der Waals surface area contributed by atoms with Crippen LogP contribution in [-0.2, 0) is 14.3 Å². The summed E-state index contributed by atoms with van der Waals surface area (Å²) < 4.78 is 30.5. The van der Waals surface area contributed by atoms with E-state index in [1.54, 1.807) is 0 Å². The zero-order chi connectivity index (χ0) is 22.4. The van der Waals surface area contributed by atoms with Crippen molar-refractivity contribution >= 4 is 17.9 Å². The lowest BCUT2D eigenvalue weighted by atomic mass is 10.1. The van der Waals surface area contributed by atoms with Crippen molar-refractivity contribution in [3.63, 3.8) is 0 Å². The van der Waals surface area contributed by atoms with Gasteiger partial charge >= 0.3 is 17.9 Å². The fourth-order valence-electron chi connectivity index (χ4n) is 2.50. The average molecular weight is 420 g/mol. The summed E-state index contributed by atoms with van der Waals surface area (Å²) in [5, 5.41) is 10.6. The molecule has 0 aromatic heterocycles. The van der Waals surface area contributed by atoms with E-state index in [0.29, 0.717) is 0 Å². The lowest BCUT2D eigenvalue weighted by Crippen LogP contribution is -2.09. The van der Waals surface area contributed by atoms with Crippen molar-refractivity contribution in [2.45, 2.75) is 6.92 Å². The van der Waals surface area contributed by atoms with Gasteiger partial charge in [-0.05, 0) is 18.2 Å². The van der Waals surface area contributed by atoms with Gasteiger partial charge in [0.25, 0.3) is 0 Å². The second kappa shape index (κ2) is 9.50. The van der Waals surface area contributed by atoms with E-state index in [0.717, 1.165) is 14.0 Å². The fourth-order valence-corrected chi connectivity index (χ4v) is 2.50. The van der Waals surface area contributed by atoms with E-state index < -0.39 is 29.2 Å². The number of phenols is 1. The third kappa shape index (κ3) is 4.54. The second-order valence-corrected chi connectivity index (χ2v) is 5.67. The van der Waals surface area contributed by atoms with Crippen LogP contribution in [0.2, 0.25) is 0 Å². The van der Waals surface area contributed by atoms with E-state index in [4.69, 9.17) is 23.7 Å². The Kier molecular flexibility index (Phi) is 7.08. The molecule has 10 heteroatoms. The molecule has 0 atom stereocenters. The van der Waals surface area contributed by atoms with E-state index in [1.807, 2.05) is 0 Å². The topological polar surface area (TPSA) is 127 Å². The number of methoxy groups -OCH3 is 4. The SMILES string of the molecule is COC(=O)c1ccc(OC)c(Oc2cc(OC)c(OC(C)=O)c(O)c2C(=O)OC)c1. The highest BCUT2D eigenvalue weighted by Gasteiger charge is 2.28. The van der Waals surface area contributed by atoms with Gasteiger partial charge in [0.2, 0.25) is 5.75 Å². The van der Waals surface area contributed by atoms with Crippen LogP contribution in [0.1, 0.15) is 27.6 Å². The third-order valence-corrected chi connectivity index (χ3v) is 3.84. The van der Waals surface area contributed by atoms with Crippen molar-refractivity contribution in [3.8, 4) is 34.5 Å². The first-order chi connectivity index (χ1) is 14.3. The van der Waals surface area contributed by atoms with Crippen LogP contribution >= 0.6 is 0 Å². The molecule has 0 radical (unpaired) electrons. The Morgan fingerprint density at radius 1 is 0.800 bits per heavy atom. The molecule has 0 spiro atoms. The van der Waals surface area contributed by atoms with Crippen molar-refractivity contribution in [2.24, 2.45) is 0 Å². The summed E-state index contributed by atoms with van der Waals surface area (Å²) in [5.74, 6) is -3.49. The molecule has 30 heavy (non-hydrogen) atoms. The van der Waals surface area contributed by atoms with E-state index in [-0.39, 0.29) is 34.3 Å². The number of hydrogen-bond acceptors (Lipinski definition) is 10. The number of hydrogen-bond donors (Lipinski definition) is 1. The highest BCUT2D eigenvalue weighted by atomic mass is 16.6. The number of esters is 3. The summed E-state index contributed by atoms with van der Waals surface area (Å²) in [4.78, 5) is 35.5. The lowest BCUT2D eigenvalue weighted by Gasteiger charge is -2.18. The van der Waals surface area contributed by atoms with E-state index in [1.165, 1.54) is 45.6 Å². The maximum absolute atomic E-state index is 12.3. The molecule has 0 aliphatic rings. The molecular weight excluding hydrogens is 400 g/mol. The van der Waals surface area contributed by atoms with Gasteiger partial charge < -0.3 is 33.5 Å². The van der Waals surface area contributed by atoms with Crippen LogP contribution in [0.4, 0.5) is 0 Å². The van der Waals surface area contributed by atoms with Gasteiger partial charge in [0.1, 0.15) is 11.3 Å². The van der Waals surface area contributed by atoms with Crippen LogP contribution in [0.15, 0.2) is 24.3 Å². The first kappa shape index (κ1) is 22.3. The first-order valence-electron chi connectivity index (χ1n) is 8.42. The van der Waals surface area contributed by atoms with Crippen LogP contribution in [0.5, 0.6) is 34.5 Å². The Morgan fingerprint density at radius 2 is 1.43 bits per heavy atom. The van der Waals surface area contributed by atoms with Crippen LogP contribution in [0.25, 0.3) is 0 Å². The molecule has 0 aliphatic heterocycles. The smallest absolute Gasteiger partial charge is 0.345 e. The fraction of sp³-hybridized carbons (Fsp3) is 0.250. The highest BCUT2D eigenvalue weighted by Crippen LogP contribution is 2.47. The molecule has 0 fully saturated rings. The first-order valence-corrected chi connectivity index (χ1v) is 8.42. The maximum atomic E-state index is 12.3. The number of carbonyl (C=O) groups is 3. The van der Waals surface area contributed by atoms with Gasteiger partial charge in [0, 0.05) is 13.0 Å². The molecule has 2 rings (SSSR count). The van der Waals surface area contributed by atoms with Gasteiger partial charge in [-0.15, -0.1) is 0 Å². The summed E-state index contributed by atoms with van der Waals surface area (Å²) in [5.41, 5.74) is -0.277. The molecule has 10 nitrogen and oxygen atoms in total. The summed E-state index contributed by atoms with van der Waals surface area (Å²) >= 11 is 0. The molecule has 0 unspecified atom stereocenters. The minimum Gasteiger partial charge on any atom is -0.503 e. The van der Waals surface area contributed by atoms with Gasteiger partial charge in [0.05, 0.1) is 34.0 Å². The van der Waals surface area contributed by atoms with Gasteiger partial charge in [-0.1, -0.05) is 0 Å². The van der Waals surface area contributed by atoms with Crippen molar-refractivity contribution in [3.05, 3.63) is 35.4 Å². The maximum Gasteiger partial charge on any atom is 0.345 e. The van der Waals surface area contributed by atoms with Crippen molar-refractivity contribution < 1.29 is 47.9 Å². The normalized spacial score (nSPS) is 10.0. The predicted molar refractivity (Wildman–Crippen MR) is 102 cm³/mol. The highest BCUT2D eigenvalue weighted by molar-refractivity contribution is 5.98. The standard InChI is InChI=1S/C20H20O10/c1-10(21)29-18-15(26-3)9-14(16(17(18)22)20(24)28-5)30-13-8-11(19(23)27-4)6-7-12(13)25-2/h6-9,22H,1-5H3. The van der Waals surface area contributed by atoms with E-state index >= 15 is 0 Å². The number of benzene rings is 2. The van der Waals surface area contributed by atoms with E-state index in [2.05, 4.69) is 4.74 Å². The number of carbonyl (C=O) groups excluding carboxylic acids is 3. The predicted octanol–water partition coefficient (Wildman–Crippen LogP) is 2.70. The van der Waals surface area contributed by atoms with Crippen molar-refractivity contribution in [2.75, 3.05) is 28.4 Å². The van der Waals surface area contributed by atoms with Gasteiger partial charge in [-0.2, -0.15) is 0 Å². The summed E-state index contributed by atoms with van der Waals surface area (Å²) in [6.45, 7) is 1.12. The van der Waals surface area contributed by atoms with Crippen LogP contribution in [0, 0.1) is 0 Å². The summed E-state index contributed by atoms with van der Waals surface area (Å²) in [7, 11) is 4.96. The molecule has 1 N–H and O–H groups in total. The monoisotopic (exact) mass is 420 g/mol. The Morgan fingerprint density at radius 3 is 1.97 bits per heavy atom. The summed E-state index contributed by atoms with van der Waals surface area (Å²) in [6.07, 6.45) is 0. The van der Waals surface area contributed by atoms with Crippen molar-refractivity contribution in [1.82, 2.24) is 0 Å². The molecule has 0 saturated heterocycles. The molecule has 0 heterocycles. The Labute approximate surface area is 171 Å². The average Bonchev–Trinajstić information content (AvgIpc) is 2.74. The van der Waals surface area contributed by atoms with Gasteiger partial charge in [-0.25, -0.2) is 9.59 Å². The Balaban J connectivity index is 2.69. The number of rotatable bonds is 7. The summed E-state index contributed by atoms with van der Waals surface area (Å²) in [6, 6.07) is 5.47. The molecule has 0 amide bonds. The molecule has 160 valence electrons. The van der Waals surface area contributed by atoms with Crippen LogP contribution in [0.3, 0.4) is 0 Å². The molecule has 0 bridgehead atoms. The van der Waals surface area contributed by atoms with Crippen molar-refractivity contribution in [1.29, 1.82) is 0 Å². The molecule has 0 saturated carbocycles. The van der Waals surface area contributed by atoms with Gasteiger partial charge in [-0.3, -0.25) is 4.79 Å². The number of aromatic hydroxyl groups is 1. The second-order valence-electron chi connectivity index (χ2n) is 5.67. The van der Waals surface area contributed by atoms with E-state index in [9.17, 15) is 19.5 Å². The molecular formula is C20H20O10. The zero-order valence-electron chi connectivity index (χ0n) is 16.9. The van der Waals surface area contributed by atoms with Gasteiger partial charge in [0.15, 0.2) is 23.0 Å². The zero-order valence-corrected chi connectivity index (χ0v) is 16.9. The lowest BCUT2D eigenvalue weighted by molar-refractivity contribution is -0.132. The molecule has 0 aliphatic carbocycles. The van der Waals surface area contributed by atoms with Crippen LogP contribution in [-0.4, -0.2) is 51.5 Å². The largest absolute Gasteiger partial charge is 0.503 e. The molecule has 2 aromatic carbocycles. The number of ether oxygens (including phenoxy) is 6. The third-order valence-electron chi connectivity index (χ3n) is 3.84. The minimum absolute atomic E-state index is 0.0345. The quantitative estimate of drug-likeness (QED) is 0.527. The van der Waals surface area contributed by atoms with Crippen LogP contribution < -0.4 is 18.9 Å². The Hall–Kier alpha value is -3.95. The molecule has 2 aromatic rings. The Bertz CT molecular complexity index is 980. The minimum atomic E-state index is -0.971.